The van der Waals surface area contributed by atoms with Crippen LogP contribution in [0.1, 0.15) is 25.0 Å². The molecule has 0 radical (unpaired) electrons. The normalized spacial score (nSPS) is 13.2. The van der Waals surface area contributed by atoms with Crippen LogP contribution in [-0.2, 0) is 5.41 Å². The Kier molecular flexibility index (Phi) is 6.23. The maximum atomic E-state index is 6.64. The number of furan rings is 1. The second-order valence-electron chi connectivity index (χ2n) is 14.4. The van der Waals surface area contributed by atoms with E-state index in [-0.39, 0.29) is 5.41 Å². The zero-order valence-corrected chi connectivity index (χ0v) is 29.2. The van der Waals surface area contributed by atoms with E-state index in [1.807, 2.05) is 36.4 Å². The van der Waals surface area contributed by atoms with Crippen LogP contribution in [0.4, 0.5) is 0 Å². The summed E-state index contributed by atoms with van der Waals surface area (Å²) in [5.41, 5.74) is 12.9. The van der Waals surface area contributed by atoms with Gasteiger partial charge in [-0.05, 0) is 58.1 Å². The van der Waals surface area contributed by atoms with Crippen molar-refractivity contribution < 1.29 is 4.42 Å². The molecule has 0 spiro atoms. The molecule has 0 atom stereocenters. The van der Waals surface area contributed by atoms with Crippen molar-refractivity contribution in [3.05, 3.63) is 169 Å². The molecule has 11 rings (SSSR count). The third-order valence-corrected chi connectivity index (χ3v) is 11.1. The highest BCUT2D eigenvalue weighted by molar-refractivity contribution is 6.12. The van der Waals surface area contributed by atoms with E-state index in [2.05, 4.69) is 140 Å². The van der Waals surface area contributed by atoms with E-state index in [1.54, 1.807) is 0 Å². The van der Waals surface area contributed by atoms with Crippen molar-refractivity contribution in [2.75, 3.05) is 0 Å². The maximum absolute atomic E-state index is 6.64. The fourth-order valence-corrected chi connectivity index (χ4v) is 8.47. The lowest BCUT2D eigenvalue weighted by molar-refractivity contribution is 0.661. The van der Waals surface area contributed by atoms with Gasteiger partial charge in [-0.3, -0.25) is 4.57 Å². The Labute approximate surface area is 305 Å². The average molecular weight is 681 g/mol. The van der Waals surface area contributed by atoms with E-state index in [0.717, 1.165) is 60.6 Å². The zero-order chi connectivity index (χ0) is 35.3. The van der Waals surface area contributed by atoms with Gasteiger partial charge in [0, 0.05) is 43.7 Å². The van der Waals surface area contributed by atoms with Crippen LogP contribution >= 0.6 is 0 Å². The quantitative estimate of drug-likeness (QED) is 0.186. The molecule has 0 saturated heterocycles. The lowest BCUT2D eigenvalue weighted by Gasteiger charge is -2.21. The summed E-state index contributed by atoms with van der Waals surface area (Å²) in [5, 5.41) is 4.48. The highest BCUT2D eigenvalue weighted by Crippen LogP contribution is 2.51. The number of hydrogen-bond acceptors (Lipinski definition) is 4. The Balaban J connectivity index is 1.16. The Morgan fingerprint density at radius 2 is 1.13 bits per heavy atom. The van der Waals surface area contributed by atoms with Crippen LogP contribution in [0.2, 0.25) is 0 Å². The minimum absolute atomic E-state index is 0.110. The summed E-state index contributed by atoms with van der Waals surface area (Å²) in [5.74, 6) is 1.76. The molecule has 0 N–H and O–H groups in total. The summed E-state index contributed by atoms with van der Waals surface area (Å²) >= 11 is 0. The monoisotopic (exact) mass is 680 g/mol. The van der Waals surface area contributed by atoms with Gasteiger partial charge in [-0.1, -0.05) is 141 Å². The van der Waals surface area contributed by atoms with Gasteiger partial charge in [-0.2, -0.15) is 9.97 Å². The van der Waals surface area contributed by atoms with E-state index in [0.29, 0.717) is 17.6 Å². The van der Waals surface area contributed by atoms with Gasteiger partial charge < -0.3 is 4.42 Å². The number of nitrogens with zero attached hydrogens (tertiary/aromatic N) is 4. The molecule has 1 aliphatic carbocycles. The van der Waals surface area contributed by atoms with Crippen molar-refractivity contribution in [3.8, 4) is 51.0 Å². The van der Waals surface area contributed by atoms with Crippen LogP contribution in [0.15, 0.2) is 162 Å². The minimum Gasteiger partial charge on any atom is -0.455 e. The van der Waals surface area contributed by atoms with Crippen molar-refractivity contribution in [1.29, 1.82) is 0 Å². The molecule has 5 nitrogen and oxygen atoms in total. The molecule has 0 aliphatic heterocycles. The fourth-order valence-electron chi connectivity index (χ4n) is 8.47. The summed E-state index contributed by atoms with van der Waals surface area (Å²) in [4.78, 5) is 15.6. The van der Waals surface area contributed by atoms with E-state index in [9.17, 15) is 0 Å². The largest absolute Gasteiger partial charge is 0.455 e. The SMILES string of the molecule is CC1(C)c2ccccc2-c2cc3c(cc21)c1ccccc1n3-c1nc(-c2ccccc2)nc(-c2ccc3c(c2)oc2c(-c4ccccc4)cccc23)n1. The molecule has 7 aromatic carbocycles. The minimum atomic E-state index is -0.110. The van der Waals surface area contributed by atoms with E-state index in [4.69, 9.17) is 19.4 Å². The molecule has 10 aromatic rings. The fraction of sp³-hybridized carbons (Fsp3) is 0.0625. The first-order valence-corrected chi connectivity index (χ1v) is 18.0. The number of benzene rings is 7. The zero-order valence-electron chi connectivity index (χ0n) is 29.2. The molecule has 0 unspecified atom stereocenters. The van der Waals surface area contributed by atoms with Crippen molar-refractivity contribution in [1.82, 2.24) is 19.5 Å². The standard InChI is InChI=1S/C48H32N4O/c1-48(2)39-22-11-9-18-33(39)37-28-42-38(27-40(37)48)34-19-10-12-23-41(34)52(42)47-50-45(30-16-7-4-8-17-30)49-46(51-47)31-24-25-35-36-21-13-20-32(29-14-5-3-6-15-29)44(36)53-43(35)26-31/h3-28H,1-2H3. The summed E-state index contributed by atoms with van der Waals surface area (Å²) in [6.45, 7) is 4.66. The molecular formula is C48H32N4O. The van der Waals surface area contributed by atoms with Gasteiger partial charge in [-0.15, -0.1) is 0 Å². The molecule has 0 bridgehead atoms. The van der Waals surface area contributed by atoms with Crippen molar-refractivity contribution in [2.45, 2.75) is 19.3 Å². The third-order valence-electron chi connectivity index (χ3n) is 11.1. The van der Waals surface area contributed by atoms with Gasteiger partial charge in [-0.25, -0.2) is 4.98 Å². The summed E-state index contributed by atoms with van der Waals surface area (Å²) in [6.07, 6.45) is 0. The molecule has 250 valence electrons. The molecule has 0 fully saturated rings. The predicted octanol–water partition coefficient (Wildman–Crippen LogP) is 12.2. The lowest BCUT2D eigenvalue weighted by atomic mass is 9.82. The van der Waals surface area contributed by atoms with Crippen LogP contribution in [0.25, 0.3) is 94.7 Å². The van der Waals surface area contributed by atoms with Crippen LogP contribution in [-0.4, -0.2) is 19.5 Å². The van der Waals surface area contributed by atoms with E-state index >= 15 is 0 Å². The Morgan fingerprint density at radius 1 is 0.453 bits per heavy atom. The van der Waals surface area contributed by atoms with Gasteiger partial charge in [0.05, 0.1) is 11.0 Å². The average Bonchev–Trinajstić information content (AvgIpc) is 3.82. The maximum Gasteiger partial charge on any atom is 0.238 e. The summed E-state index contributed by atoms with van der Waals surface area (Å²) in [6, 6.07) is 55.2. The summed E-state index contributed by atoms with van der Waals surface area (Å²) < 4.78 is 8.86. The first-order valence-electron chi connectivity index (χ1n) is 18.0. The molecule has 5 heteroatoms. The van der Waals surface area contributed by atoms with E-state index < -0.39 is 0 Å². The Hall–Kier alpha value is -6.85. The van der Waals surface area contributed by atoms with Crippen molar-refractivity contribution in [3.63, 3.8) is 0 Å². The number of para-hydroxylation sites is 2. The molecule has 0 saturated carbocycles. The highest BCUT2D eigenvalue weighted by Gasteiger charge is 2.36. The molecule has 3 aromatic heterocycles. The van der Waals surface area contributed by atoms with Crippen LogP contribution in [0, 0.1) is 0 Å². The predicted molar refractivity (Wildman–Crippen MR) is 215 cm³/mol. The van der Waals surface area contributed by atoms with Gasteiger partial charge in [0.2, 0.25) is 5.95 Å². The molecule has 3 heterocycles. The van der Waals surface area contributed by atoms with Gasteiger partial charge in [0.15, 0.2) is 11.6 Å². The number of fused-ring (bicyclic) bond motifs is 9. The topological polar surface area (TPSA) is 56.7 Å². The second-order valence-corrected chi connectivity index (χ2v) is 14.4. The molecule has 1 aliphatic rings. The molecule has 53 heavy (non-hydrogen) atoms. The van der Waals surface area contributed by atoms with Crippen molar-refractivity contribution in [2.24, 2.45) is 0 Å². The third kappa shape index (κ3) is 4.40. The smallest absolute Gasteiger partial charge is 0.238 e. The van der Waals surface area contributed by atoms with Crippen LogP contribution in [0.5, 0.6) is 0 Å². The number of rotatable bonds is 4. The molecular weight excluding hydrogens is 649 g/mol. The molecule has 0 amide bonds. The van der Waals surface area contributed by atoms with Crippen LogP contribution in [0.3, 0.4) is 0 Å². The van der Waals surface area contributed by atoms with Gasteiger partial charge >= 0.3 is 0 Å². The first-order chi connectivity index (χ1) is 26.0. The van der Waals surface area contributed by atoms with Gasteiger partial charge in [0.25, 0.3) is 0 Å². The second kappa shape index (κ2) is 11.1. The van der Waals surface area contributed by atoms with Crippen LogP contribution < -0.4 is 0 Å². The van der Waals surface area contributed by atoms with Gasteiger partial charge in [0.1, 0.15) is 11.2 Å². The number of aromatic nitrogens is 4. The number of hydrogen-bond donors (Lipinski definition) is 0. The Bertz CT molecular complexity index is 3080. The summed E-state index contributed by atoms with van der Waals surface area (Å²) in [7, 11) is 0. The lowest BCUT2D eigenvalue weighted by Crippen LogP contribution is -2.14. The van der Waals surface area contributed by atoms with E-state index in [1.165, 1.54) is 27.6 Å². The first kappa shape index (κ1) is 29.8. The highest BCUT2D eigenvalue weighted by atomic mass is 16.3. The van der Waals surface area contributed by atoms with Crippen molar-refractivity contribution >= 4 is 43.7 Å². The Morgan fingerprint density at radius 3 is 1.96 bits per heavy atom.